The van der Waals surface area contributed by atoms with Crippen molar-refractivity contribution in [3.63, 3.8) is 0 Å². The van der Waals surface area contributed by atoms with Gasteiger partial charge in [0.25, 0.3) is 0 Å². The number of hydrogen-bond donors (Lipinski definition) is 7. The van der Waals surface area contributed by atoms with E-state index < -0.39 is 77.3 Å². The fourth-order valence-corrected chi connectivity index (χ4v) is 5.55. The van der Waals surface area contributed by atoms with E-state index >= 15 is 0 Å². The molecule has 1 aromatic heterocycles. The summed E-state index contributed by atoms with van der Waals surface area (Å²) in [6, 6.07) is 18.9. The molecule has 1 fully saturated rings. The van der Waals surface area contributed by atoms with Crippen molar-refractivity contribution in [1.82, 2.24) is 0 Å². The highest BCUT2D eigenvalue weighted by Gasteiger charge is 2.51. The van der Waals surface area contributed by atoms with Crippen molar-refractivity contribution < 1.29 is 68.7 Å². The van der Waals surface area contributed by atoms with Crippen LogP contribution < -0.4 is 10.2 Å². The second-order valence-electron chi connectivity index (χ2n) is 12.0. The van der Waals surface area contributed by atoms with E-state index in [1.165, 1.54) is 84.9 Å². The highest BCUT2D eigenvalue weighted by molar-refractivity contribution is 5.89. The van der Waals surface area contributed by atoms with Gasteiger partial charge in [0, 0.05) is 29.8 Å². The van der Waals surface area contributed by atoms with Crippen LogP contribution in [0.4, 0.5) is 0 Å². The van der Waals surface area contributed by atoms with Gasteiger partial charge < -0.3 is 59.1 Å². The fourth-order valence-electron chi connectivity index (χ4n) is 5.55. The average molecular weight is 741 g/mol. The molecule has 2 heterocycles. The van der Waals surface area contributed by atoms with Gasteiger partial charge in [0.2, 0.25) is 17.5 Å². The molecule has 5 aromatic rings. The van der Waals surface area contributed by atoms with Crippen LogP contribution in [0.1, 0.15) is 11.1 Å². The number of ether oxygens (including phenoxy) is 4. The quantitative estimate of drug-likeness (QED) is 0.0798. The Balaban J connectivity index is 1.37. The van der Waals surface area contributed by atoms with Gasteiger partial charge in [-0.2, -0.15) is 0 Å². The Labute approximate surface area is 305 Å². The molecular weight excluding hydrogens is 708 g/mol. The molecule has 0 radical (unpaired) electrons. The number of aliphatic hydroxyl groups excluding tert-OH is 2. The summed E-state index contributed by atoms with van der Waals surface area (Å²) in [5.41, 5.74) is -0.0633. The maximum absolute atomic E-state index is 14.0. The molecule has 0 spiro atoms. The third kappa shape index (κ3) is 8.29. The summed E-state index contributed by atoms with van der Waals surface area (Å²) < 4.78 is 28.9. The monoisotopic (exact) mass is 740 g/mol. The van der Waals surface area contributed by atoms with E-state index in [1.807, 2.05) is 0 Å². The Kier molecular flexibility index (Phi) is 10.8. The van der Waals surface area contributed by atoms with E-state index in [9.17, 15) is 50.1 Å². The number of rotatable bonds is 10. The molecule has 5 atom stereocenters. The standard InChI is InChI=1S/C39H32O15/c40-19-29-36(52-30(46)15-5-20-1-9-23(41)10-2-20)34(49)38(53-31(47)16-6-21-3-11-24(42)12-4-21)39(51-29)54-37-33(48)32-27(45)17-26(44)18-28(32)50-35(37)22-7-13-25(43)14-8-22/h1-18,29,34,36,38-45,49H,19H2/b15-5-,16-6-/t29-,34+,36-,38-,39+/m1/s1. The van der Waals surface area contributed by atoms with E-state index in [-0.39, 0.29) is 34.2 Å². The molecular formula is C39H32O15. The predicted octanol–water partition coefficient (Wildman–Crippen LogP) is 3.70. The summed E-state index contributed by atoms with van der Waals surface area (Å²) >= 11 is 0. The lowest BCUT2D eigenvalue weighted by molar-refractivity contribution is -0.284. The first-order valence-corrected chi connectivity index (χ1v) is 16.2. The summed E-state index contributed by atoms with van der Waals surface area (Å²) in [7, 11) is 0. The minimum absolute atomic E-state index is 0.00556. The number of aromatic hydroxyl groups is 5. The van der Waals surface area contributed by atoms with Crippen molar-refractivity contribution in [1.29, 1.82) is 0 Å². The van der Waals surface area contributed by atoms with Gasteiger partial charge in [-0.15, -0.1) is 0 Å². The number of benzene rings is 4. The minimum Gasteiger partial charge on any atom is -0.508 e. The molecule has 0 bridgehead atoms. The number of carbonyl (C=O) groups is 2. The van der Waals surface area contributed by atoms with Gasteiger partial charge in [-0.05, 0) is 71.8 Å². The van der Waals surface area contributed by atoms with Crippen LogP contribution in [0.3, 0.4) is 0 Å². The van der Waals surface area contributed by atoms with Crippen molar-refractivity contribution in [3.05, 3.63) is 118 Å². The van der Waals surface area contributed by atoms with Crippen molar-refractivity contribution in [2.75, 3.05) is 6.61 Å². The maximum atomic E-state index is 14.0. The second kappa shape index (κ2) is 15.8. The van der Waals surface area contributed by atoms with Crippen LogP contribution in [0.25, 0.3) is 34.4 Å². The van der Waals surface area contributed by atoms with Crippen LogP contribution in [0.2, 0.25) is 0 Å². The van der Waals surface area contributed by atoms with Gasteiger partial charge in [-0.1, -0.05) is 24.3 Å². The molecule has 7 N–H and O–H groups in total. The lowest BCUT2D eigenvalue weighted by Gasteiger charge is -2.42. The number of phenolic OH excluding ortho intramolecular Hbond substituents is 5. The number of fused-ring (bicyclic) bond motifs is 1. The normalized spacial score (nSPS) is 19.9. The largest absolute Gasteiger partial charge is 0.508 e. The van der Waals surface area contributed by atoms with Gasteiger partial charge >= 0.3 is 11.9 Å². The molecule has 15 heteroatoms. The third-order valence-electron chi connectivity index (χ3n) is 8.19. The zero-order valence-electron chi connectivity index (χ0n) is 27.9. The average Bonchev–Trinajstić information content (AvgIpc) is 3.14. The molecule has 0 aliphatic carbocycles. The van der Waals surface area contributed by atoms with Crippen molar-refractivity contribution in [2.24, 2.45) is 0 Å². The Morgan fingerprint density at radius 3 is 1.76 bits per heavy atom. The number of hydrogen-bond acceptors (Lipinski definition) is 15. The summed E-state index contributed by atoms with van der Waals surface area (Å²) in [6.07, 6.45) is -4.18. The van der Waals surface area contributed by atoms with E-state index in [1.54, 1.807) is 0 Å². The Bertz CT molecular complexity index is 2260. The molecule has 4 aromatic carbocycles. The molecule has 6 rings (SSSR count). The number of aliphatic hydroxyl groups is 2. The number of carbonyl (C=O) groups excluding carboxylic acids is 2. The smallest absolute Gasteiger partial charge is 0.331 e. The molecule has 278 valence electrons. The second-order valence-corrected chi connectivity index (χ2v) is 12.0. The third-order valence-corrected chi connectivity index (χ3v) is 8.19. The molecule has 1 aliphatic heterocycles. The molecule has 1 saturated heterocycles. The lowest BCUT2D eigenvalue weighted by atomic mass is 9.98. The predicted molar refractivity (Wildman–Crippen MR) is 189 cm³/mol. The van der Waals surface area contributed by atoms with Crippen molar-refractivity contribution >= 4 is 35.1 Å². The molecule has 0 unspecified atom stereocenters. The molecule has 15 nitrogen and oxygen atoms in total. The van der Waals surface area contributed by atoms with Crippen LogP contribution in [-0.2, 0) is 23.8 Å². The van der Waals surface area contributed by atoms with Crippen LogP contribution in [0.15, 0.2) is 106 Å². The fraction of sp³-hybridized carbons (Fsp3) is 0.154. The Morgan fingerprint density at radius 1 is 0.704 bits per heavy atom. The summed E-state index contributed by atoms with van der Waals surface area (Å²) in [4.78, 5) is 40.1. The highest BCUT2D eigenvalue weighted by Crippen LogP contribution is 2.38. The molecule has 0 saturated carbocycles. The van der Waals surface area contributed by atoms with E-state index in [0.29, 0.717) is 11.1 Å². The first-order chi connectivity index (χ1) is 25.9. The van der Waals surface area contributed by atoms with E-state index in [2.05, 4.69) is 0 Å². The van der Waals surface area contributed by atoms with Crippen LogP contribution >= 0.6 is 0 Å². The molecule has 0 amide bonds. The molecule has 54 heavy (non-hydrogen) atoms. The van der Waals surface area contributed by atoms with Crippen LogP contribution in [0.5, 0.6) is 34.5 Å². The van der Waals surface area contributed by atoms with Crippen LogP contribution in [-0.4, -0.2) is 85.0 Å². The number of esters is 2. The first kappa shape index (κ1) is 37.0. The van der Waals surface area contributed by atoms with E-state index in [4.69, 9.17) is 23.4 Å². The van der Waals surface area contributed by atoms with E-state index in [0.717, 1.165) is 24.3 Å². The van der Waals surface area contributed by atoms with Gasteiger partial charge in [-0.25, -0.2) is 9.59 Å². The maximum Gasteiger partial charge on any atom is 0.331 e. The minimum atomic E-state index is -1.95. The van der Waals surface area contributed by atoms with Crippen LogP contribution in [0, 0.1) is 0 Å². The lowest BCUT2D eigenvalue weighted by Crippen LogP contribution is -2.62. The summed E-state index contributed by atoms with van der Waals surface area (Å²) in [6.45, 7) is -0.866. The summed E-state index contributed by atoms with van der Waals surface area (Å²) in [5.74, 6) is -4.20. The topological polar surface area (TPSA) is 243 Å². The zero-order chi connectivity index (χ0) is 38.5. The van der Waals surface area contributed by atoms with Gasteiger partial charge in [0.05, 0.1) is 6.61 Å². The van der Waals surface area contributed by atoms with Gasteiger partial charge in [-0.3, -0.25) is 4.79 Å². The summed E-state index contributed by atoms with van der Waals surface area (Å²) in [5, 5.41) is 71.1. The first-order valence-electron chi connectivity index (χ1n) is 16.2. The van der Waals surface area contributed by atoms with Crippen molar-refractivity contribution in [2.45, 2.75) is 30.7 Å². The Morgan fingerprint density at radius 2 is 1.22 bits per heavy atom. The zero-order valence-corrected chi connectivity index (χ0v) is 27.9. The highest BCUT2D eigenvalue weighted by atomic mass is 16.7. The van der Waals surface area contributed by atoms with Crippen molar-refractivity contribution in [3.8, 4) is 45.8 Å². The van der Waals surface area contributed by atoms with Gasteiger partial charge in [0.15, 0.2) is 18.0 Å². The molecule has 1 aliphatic rings. The van der Waals surface area contributed by atoms with Gasteiger partial charge in [0.1, 0.15) is 51.9 Å². The Hall–Kier alpha value is -6.81. The SMILES string of the molecule is O=C(/C=C\c1ccc(O)cc1)O[C@H]1[C@H](Oc2c(-c3ccc(O)cc3)oc3cc(O)cc(O)c3c2=O)O[C@H](CO)[C@@H](OC(=O)/C=C\c2ccc(O)cc2)[C@@H]1O. The number of phenols is 5.